The molecule has 0 unspecified atom stereocenters. The predicted octanol–water partition coefficient (Wildman–Crippen LogP) is -1.30. The van der Waals surface area contributed by atoms with E-state index < -0.39 is 0 Å². The maximum atomic E-state index is 11.6. The highest BCUT2D eigenvalue weighted by Crippen LogP contribution is 2.18. The predicted molar refractivity (Wildman–Crippen MR) is 50.6 cm³/mol. The molecule has 1 heterocycles. The number of nitrogens with zero attached hydrogens (tertiary/aromatic N) is 1. The van der Waals surface area contributed by atoms with Crippen molar-refractivity contribution in [1.82, 2.24) is 15.5 Å². The fourth-order valence-electron chi connectivity index (χ4n) is 1.48. The third-order valence-electron chi connectivity index (χ3n) is 2.51. The van der Waals surface area contributed by atoms with Crippen molar-refractivity contribution in [2.24, 2.45) is 0 Å². The number of hydrogen-bond acceptors (Lipinski definition) is 3. The zero-order chi connectivity index (χ0) is 9.97. The lowest BCUT2D eigenvalue weighted by Crippen LogP contribution is -2.52. The van der Waals surface area contributed by atoms with Gasteiger partial charge in [0, 0.05) is 19.1 Å². The molecule has 0 spiro atoms. The molecular formula is C9H15N3O2. The molecule has 2 fully saturated rings. The lowest BCUT2D eigenvalue weighted by molar-refractivity contribution is -0.137. The van der Waals surface area contributed by atoms with Gasteiger partial charge in [-0.05, 0) is 12.8 Å². The van der Waals surface area contributed by atoms with Crippen LogP contribution in [0.15, 0.2) is 0 Å². The Morgan fingerprint density at radius 3 is 3.00 bits per heavy atom. The van der Waals surface area contributed by atoms with Crippen LogP contribution in [0.2, 0.25) is 0 Å². The van der Waals surface area contributed by atoms with Gasteiger partial charge in [-0.25, -0.2) is 0 Å². The molecule has 0 aromatic carbocycles. The van der Waals surface area contributed by atoms with Crippen molar-refractivity contribution in [2.45, 2.75) is 18.9 Å². The van der Waals surface area contributed by atoms with E-state index in [2.05, 4.69) is 10.6 Å². The minimum Gasteiger partial charge on any atom is -0.353 e. The van der Waals surface area contributed by atoms with Gasteiger partial charge in [-0.2, -0.15) is 0 Å². The van der Waals surface area contributed by atoms with Crippen molar-refractivity contribution in [3.8, 4) is 0 Å². The summed E-state index contributed by atoms with van der Waals surface area (Å²) in [5.41, 5.74) is 0. The summed E-state index contributed by atoms with van der Waals surface area (Å²) in [6, 6.07) is 0.539. The average Bonchev–Trinajstić information content (AvgIpc) is 2.97. The molecule has 1 aliphatic carbocycles. The first-order valence-electron chi connectivity index (χ1n) is 5.03. The highest BCUT2D eigenvalue weighted by Gasteiger charge is 2.24. The van der Waals surface area contributed by atoms with E-state index in [1.807, 2.05) is 0 Å². The van der Waals surface area contributed by atoms with Gasteiger partial charge in [0.05, 0.1) is 13.1 Å². The van der Waals surface area contributed by atoms with Crippen LogP contribution in [-0.4, -0.2) is 48.9 Å². The minimum absolute atomic E-state index is 0.0340. The van der Waals surface area contributed by atoms with Gasteiger partial charge < -0.3 is 15.5 Å². The van der Waals surface area contributed by atoms with Gasteiger partial charge in [-0.3, -0.25) is 9.59 Å². The molecule has 0 radical (unpaired) electrons. The van der Waals surface area contributed by atoms with Crippen LogP contribution in [0.3, 0.4) is 0 Å². The molecular weight excluding hydrogens is 182 g/mol. The summed E-state index contributed by atoms with van der Waals surface area (Å²) < 4.78 is 0. The van der Waals surface area contributed by atoms with E-state index in [1.165, 1.54) is 12.8 Å². The summed E-state index contributed by atoms with van der Waals surface area (Å²) >= 11 is 0. The van der Waals surface area contributed by atoms with E-state index in [4.69, 9.17) is 0 Å². The SMILES string of the molecule is O=C1CN(C(=O)CNC2CC2)CCN1. The number of carbonyl (C=O) groups excluding carboxylic acids is 2. The third-order valence-corrected chi connectivity index (χ3v) is 2.51. The smallest absolute Gasteiger partial charge is 0.239 e. The Labute approximate surface area is 82.8 Å². The molecule has 0 aromatic heterocycles. The Morgan fingerprint density at radius 2 is 2.36 bits per heavy atom. The first-order valence-corrected chi connectivity index (χ1v) is 5.03. The maximum absolute atomic E-state index is 11.6. The summed E-state index contributed by atoms with van der Waals surface area (Å²) in [6.45, 7) is 1.80. The molecule has 2 aliphatic rings. The molecule has 1 saturated carbocycles. The summed E-state index contributed by atoms with van der Waals surface area (Å²) in [5.74, 6) is -0.0252. The van der Waals surface area contributed by atoms with Gasteiger partial charge in [0.25, 0.3) is 0 Å². The molecule has 0 bridgehead atoms. The van der Waals surface area contributed by atoms with Crippen LogP contribution < -0.4 is 10.6 Å². The maximum Gasteiger partial charge on any atom is 0.239 e. The molecule has 2 rings (SSSR count). The number of nitrogens with one attached hydrogen (secondary N) is 2. The van der Waals surface area contributed by atoms with Gasteiger partial charge in [0.1, 0.15) is 0 Å². The molecule has 1 saturated heterocycles. The van der Waals surface area contributed by atoms with E-state index in [0.29, 0.717) is 25.7 Å². The quantitative estimate of drug-likeness (QED) is 0.591. The van der Waals surface area contributed by atoms with Crippen molar-refractivity contribution in [3.63, 3.8) is 0 Å². The second-order valence-electron chi connectivity index (χ2n) is 3.82. The molecule has 2 N–H and O–H groups in total. The molecule has 2 amide bonds. The van der Waals surface area contributed by atoms with Crippen molar-refractivity contribution in [3.05, 3.63) is 0 Å². The van der Waals surface area contributed by atoms with Gasteiger partial charge in [-0.1, -0.05) is 0 Å². The molecule has 0 aromatic rings. The van der Waals surface area contributed by atoms with Gasteiger partial charge in [0.15, 0.2) is 0 Å². The fraction of sp³-hybridized carbons (Fsp3) is 0.778. The van der Waals surface area contributed by atoms with Crippen LogP contribution in [0.1, 0.15) is 12.8 Å². The molecule has 5 nitrogen and oxygen atoms in total. The summed E-state index contributed by atoms with van der Waals surface area (Å²) in [7, 11) is 0. The topological polar surface area (TPSA) is 61.4 Å². The van der Waals surface area contributed by atoms with Gasteiger partial charge in [-0.15, -0.1) is 0 Å². The first kappa shape index (κ1) is 9.45. The van der Waals surface area contributed by atoms with E-state index in [1.54, 1.807) is 4.90 Å². The molecule has 14 heavy (non-hydrogen) atoms. The van der Waals surface area contributed by atoms with Crippen molar-refractivity contribution in [2.75, 3.05) is 26.2 Å². The van der Waals surface area contributed by atoms with E-state index in [0.717, 1.165) is 0 Å². The number of hydrogen-bond donors (Lipinski definition) is 2. The lowest BCUT2D eigenvalue weighted by atomic mass is 10.3. The standard InChI is InChI=1S/C9H15N3O2/c13-8-6-12(4-3-10-8)9(14)5-11-7-1-2-7/h7,11H,1-6H2,(H,10,13). The summed E-state index contributed by atoms with van der Waals surface area (Å²) in [6.07, 6.45) is 2.35. The number of piperazine rings is 1. The Morgan fingerprint density at radius 1 is 1.57 bits per heavy atom. The Bertz CT molecular complexity index is 250. The highest BCUT2D eigenvalue weighted by atomic mass is 16.2. The Hall–Kier alpha value is -1.10. The summed E-state index contributed by atoms with van der Waals surface area (Å²) in [5, 5.41) is 5.84. The van der Waals surface area contributed by atoms with Crippen molar-refractivity contribution < 1.29 is 9.59 Å². The van der Waals surface area contributed by atoms with Crippen LogP contribution in [0.25, 0.3) is 0 Å². The van der Waals surface area contributed by atoms with Crippen molar-refractivity contribution in [1.29, 1.82) is 0 Å². The van der Waals surface area contributed by atoms with Gasteiger partial charge in [0.2, 0.25) is 11.8 Å². The zero-order valence-corrected chi connectivity index (χ0v) is 8.08. The highest BCUT2D eigenvalue weighted by molar-refractivity contribution is 5.86. The second-order valence-corrected chi connectivity index (χ2v) is 3.82. The van der Waals surface area contributed by atoms with Gasteiger partial charge >= 0.3 is 0 Å². The van der Waals surface area contributed by atoms with E-state index >= 15 is 0 Å². The largest absolute Gasteiger partial charge is 0.353 e. The molecule has 5 heteroatoms. The number of amides is 2. The first-order chi connectivity index (χ1) is 6.75. The van der Waals surface area contributed by atoms with Crippen LogP contribution in [0, 0.1) is 0 Å². The normalized spacial score (nSPS) is 22.0. The average molecular weight is 197 g/mol. The Balaban J connectivity index is 1.74. The molecule has 78 valence electrons. The minimum atomic E-state index is -0.0592. The van der Waals surface area contributed by atoms with Crippen LogP contribution in [0.4, 0.5) is 0 Å². The molecule has 1 aliphatic heterocycles. The van der Waals surface area contributed by atoms with Crippen LogP contribution in [0.5, 0.6) is 0 Å². The monoisotopic (exact) mass is 197 g/mol. The Kier molecular flexibility index (Phi) is 2.67. The second kappa shape index (κ2) is 3.96. The third kappa shape index (κ3) is 2.45. The summed E-state index contributed by atoms with van der Waals surface area (Å²) in [4.78, 5) is 24.2. The zero-order valence-electron chi connectivity index (χ0n) is 8.08. The lowest BCUT2D eigenvalue weighted by Gasteiger charge is -2.26. The van der Waals surface area contributed by atoms with Crippen LogP contribution >= 0.6 is 0 Å². The van der Waals surface area contributed by atoms with Crippen LogP contribution in [-0.2, 0) is 9.59 Å². The fourth-order valence-corrected chi connectivity index (χ4v) is 1.48. The number of carbonyl (C=O) groups is 2. The van der Waals surface area contributed by atoms with E-state index in [9.17, 15) is 9.59 Å². The number of rotatable bonds is 3. The van der Waals surface area contributed by atoms with E-state index in [-0.39, 0.29) is 18.4 Å². The van der Waals surface area contributed by atoms with Crippen molar-refractivity contribution >= 4 is 11.8 Å². The molecule has 0 atom stereocenters.